The lowest BCUT2D eigenvalue weighted by atomic mass is 10.2. The van der Waals surface area contributed by atoms with Crippen LogP contribution in [0.1, 0.15) is 23.7 Å². The number of hydrogen-bond donors (Lipinski definition) is 1. The Balaban J connectivity index is 2.60. The molecule has 122 valence electrons. The predicted octanol–water partition coefficient (Wildman–Crippen LogP) is 0.486. The van der Waals surface area contributed by atoms with Gasteiger partial charge in [-0.25, -0.2) is 0 Å². The summed E-state index contributed by atoms with van der Waals surface area (Å²) in [5.41, 5.74) is 0.452. The van der Waals surface area contributed by atoms with Crippen molar-refractivity contribution in [3.05, 3.63) is 30.1 Å². The van der Waals surface area contributed by atoms with E-state index in [1.165, 1.54) is 11.1 Å². The van der Waals surface area contributed by atoms with Gasteiger partial charge >= 0.3 is 5.97 Å². The molecule has 0 aliphatic rings. The molecule has 7 heteroatoms. The molecule has 0 unspecified atom stereocenters. The van der Waals surface area contributed by atoms with Crippen LogP contribution in [0.25, 0.3) is 0 Å². The highest BCUT2D eigenvalue weighted by molar-refractivity contribution is 5.94. The van der Waals surface area contributed by atoms with Gasteiger partial charge in [0.25, 0.3) is 5.91 Å². The average Bonchev–Trinajstić information content (AvgIpc) is 2.54. The molecule has 0 aliphatic heterocycles. The summed E-state index contributed by atoms with van der Waals surface area (Å²) >= 11 is 0. The molecular formula is C15H22N2O5. The Morgan fingerprint density at radius 3 is 2.77 bits per heavy atom. The second-order valence-electron chi connectivity index (χ2n) is 4.42. The third kappa shape index (κ3) is 6.64. The Hall–Kier alpha value is -1.99. The first-order valence-corrected chi connectivity index (χ1v) is 7.22. The third-order valence-electron chi connectivity index (χ3n) is 2.83. The van der Waals surface area contributed by atoms with Crippen LogP contribution in [0, 0.1) is 0 Å². The number of nitrogens with zero attached hydrogens (tertiary/aromatic N) is 2. The first kappa shape index (κ1) is 18.1. The summed E-state index contributed by atoms with van der Waals surface area (Å²) in [6.45, 7) is 3.05. The fraction of sp³-hybridized carbons (Fsp3) is 0.533. The standard InChI is InChI=1S/C15H22N2O5/c1-2-22-14(19)5-7-17(8-10-21-11-9-18)15(20)13-4-3-6-16-12-13/h3-4,6,12,18H,2,5,7-11H2,1H3. The topological polar surface area (TPSA) is 89.0 Å². The van der Waals surface area contributed by atoms with Crippen molar-refractivity contribution < 1.29 is 24.2 Å². The molecular weight excluding hydrogens is 288 g/mol. The molecule has 0 aliphatic carbocycles. The molecule has 22 heavy (non-hydrogen) atoms. The quantitative estimate of drug-likeness (QED) is 0.499. The van der Waals surface area contributed by atoms with Gasteiger partial charge in [0, 0.05) is 25.5 Å². The van der Waals surface area contributed by atoms with Gasteiger partial charge in [-0.1, -0.05) is 0 Å². The zero-order valence-corrected chi connectivity index (χ0v) is 12.7. The highest BCUT2D eigenvalue weighted by Crippen LogP contribution is 2.05. The number of carbonyl (C=O) groups excluding carboxylic acids is 2. The lowest BCUT2D eigenvalue weighted by Gasteiger charge is -2.22. The normalized spacial score (nSPS) is 10.3. The van der Waals surface area contributed by atoms with E-state index in [1.807, 2.05) is 0 Å². The Morgan fingerprint density at radius 2 is 2.14 bits per heavy atom. The van der Waals surface area contributed by atoms with E-state index in [9.17, 15) is 9.59 Å². The molecule has 0 aromatic carbocycles. The fourth-order valence-electron chi connectivity index (χ4n) is 1.79. The summed E-state index contributed by atoms with van der Waals surface area (Å²) in [5.74, 6) is -0.562. The lowest BCUT2D eigenvalue weighted by molar-refractivity contribution is -0.143. The Morgan fingerprint density at radius 1 is 1.32 bits per heavy atom. The van der Waals surface area contributed by atoms with E-state index in [0.29, 0.717) is 18.7 Å². The van der Waals surface area contributed by atoms with Gasteiger partial charge in [-0.05, 0) is 19.1 Å². The number of pyridine rings is 1. The van der Waals surface area contributed by atoms with Crippen LogP contribution in [0.2, 0.25) is 0 Å². The van der Waals surface area contributed by atoms with Gasteiger partial charge in [-0.3, -0.25) is 14.6 Å². The summed E-state index contributed by atoms with van der Waals surface area (Å²) in [5, 5.41) is 8.68. The zero-order valence-electron chi connectivity index (χ0n) is 12.7. The number of carbonyl (C=O) groups is 2. The molecule has 0 atom stereocenters. The monoisotopic (exact) mass is 310 g/mol. The van der Waals surface area contributed by atoms with Crippen LogP contribution in [-0.2, 0) is 14.3 Å². The molecule has 1 amide bonds. The zero-order chi connectivity index (χ0) is 16.2. The number of hydrogen-bond acceptors (Lipinski definition) is 6. The minimum atomic E-state index is -0.345. The van der Waals surface area contributed by atoms with Crippen molar-refractivity contribution in [1.82, 2.24) is 9.88 Å². The maximum absolute atomic E-state index is 12.4. The Kier molecular flexibility index (Phi) is 8.78. The van der Waals surface area contributed by atoms with E-state index in [4.69, 9.17) is 14.6 Å². The number of aliphatic hydroxyl groups excluding tert-OH is 1. The molecule has 0 bridgehead atoms. The van der Waals surface area contributed by atoms with E-state index in [1.54, 1.807) is 25.3 Å². The van der Waals surface area contributed by atoms with Crippen molar-refractivity contribution in [3.63, 3.8) is 0 Å². The molecule has 0 saturated carbocycles. The summed E-state index contributed by atoms with van der Waals surface area (Å²) in [6.07, 6.45) is 3.19. The molecule has 0 fully saturated rings. The van der Waals surface area contributed by atoms with Crippen LogP contribution in [-0.4, -0.2) is 66.4 Å². The van der Waals surface area contributed by atoms with E-state index in [-0.39, 0.29) is 44.7 Å². The fourth-order valence-corrected chi connectivity index (χ4v) is 1.79. The first-order chi connectivity index (χ1) is 10.7. The van der Waals surface area contributed by atoms with Crippen molar-refractivity contribution in [2.24, 2.45) is 0 Å². The Bertz CT molecular complexity index is 453. The van der Waals surface area contributed by atoms with Crippen molar-refractivity contribution in [1.29, 1.82) is 0 Å². The molecule has 0 radical (unpaired) electrons. The molecule has 1 aromatic rings. The predicted molar refractivity (Wildman–Crippen MR) is 79.3 cm³/mol. The summed E-state index contributed by atoms with van der Waals surface area (Å²) in [4.78, 5) is 29.3. The highest BCUT2D eigenvalue weighted by atomic mass is 16.5. The first-order valence-electron chi connectivity index (χ1n) is 7.22. The molecule has 0 spiro atoms. The minimum Gasteiger partial charge on any atom is -0.466 e. The van der Waals surface area contributed by atoms with Gasteiger partial charge in [0.15, 0.2) is 0 Å². The number of aliphatic hydroxyl groups is 1. The van der Waals surface area contributed by atoms with Gasteiger partial charge in [0.05, 0.1) is 38.4 Å². The second kappa shape index (κ2) is 10.7. The maximum atomic E-state index is 12.4. The van der Waals surface area contributed by atoms with Crippen LogP contribution in [0.15, 0.2) is 24.5 Å². The van der Waals surface area contributed by atoms with E-state index >= 15 is 0 Å². The van der Waals surface area contributed by atoms with Crippen LogP contribution < -0.4 is 0 Å². The smallest absolute Gasteiger partial charge is 0.307 e. The van der Waals surface area contributed by atoms with E-state index in [2.05, 4.69) is 4.98 Å². The summed E-state index contributed by atoms with van der Waals surface area (Å²) in [7, 11) is 0. The van der Waals surface area contributed by atoms with Gasteiger partial charge in [-0.2, -0.15) is 0 Å². The minimum absolute atomic E-state index is 0.0701. The number of esters is 1. The van der Waals surface area contributed by atoms with Crippen molar-refractivity contribution in [3.8, 4) is 0 Å². The van der Waals surface area contributed by atoms with Gasteiger partial charge < -0.3 is 19.5 Å². The molecule has 1 N–H and O–H groups in total. The molecule has 1 rings (SSSR count). The van der Waals surface area contributed by atoms with E-state index in [0.717, 1.165) is 0 Å². The number of ether oxygens (including phenoxy) is 2. The summed E-state index contributed by atoms with van der Waals surface area (Å²) < 4.78 is 10.0. The largest absolute Gasteiger partial charge is 0.466 e. The van der Waals surface area contributed by atoms with Crippen LogP contribution in [0.4, 0.5) is 0 Å². The number of amides is 1. The van der Waals surface area contributed by atoms with E-state index < -0.39 is 0 Å². The van der Waals surface area contributed by atoms with Gasteiger partial charge in [-0.15, -0.1) is 0 Å². The maximum Gasteiger partial charge on any atom is 0.307 e. The average molecular weight is 310 g/mol. The van der Waals surface area contributed by atoms with Crippen LogP contribution >= 0.6 is 0 Å². The third-order valence-corrected chi connectivity index (χ3v) is 2.83. The van der Waals surface area contributed by atoms with Crippen molar-refractivity contribution >= 4 is 11.9 Å². The van der Waals surface area contributed by atoms with Crippen LogP contribution in [0.3, 0.4) is 0 Å². The van der Waals surface area contributed by atoms with Crippen molar-refractivity contribution in [2.45, 2.75) is 13.3 Å². The number of rotatable bonds is 10. The molecule has 7 nitrogen and oxygen atoms in total. The molecule has 0 saturated heterocycles. The molecule has 1 aromatic heterocycles. The summed E-state index contributed by atoms with van der Waals surface area (Å²) in [6, 6.07) is 3.35. The van der Waals surface area contributed by atoms with Crippen LogP contribution in [0.5, 0.6) is 0 Å². The highest BCUT2D eigenvalue weighted by Gasteiger charge is 2.17. The van der Waals surface area contributed by atoms with Crippen molar-refractivity contribution in [2.75, 3.05) is 39.5 Å². The lowest BCUT2D eigenvalue weighted by Crippen LogP contribution is -2.36. The Labute approximate surface area is 129 Å². The SMILES string of the molecule is CCOC(=O)CCN(CCOCCO)C(=O)c1cccnc1. The van der Waals surface area contributed by atoms with Gasteiger partial charge in [0.2, 0.25) is 0 Å². The molecule has 1 heterocycles. The number of aromatic nitrogens is 1. The van der Waals surface area contributed by atoms with Gasteiger partial charge in [0.1, 0.15) is 0 Å². The second-order valence-corrected chi connectivity index (χ2v) is 4.42.